The zero-order valence-corrected chi connectivity index (χ0v) is 11.9. The number of hydrogen-bond acceptors (Lipinski definition) is 4. The van der Waals surface area contributed by atoms with Crippen LogP contribution in [0.5, 0.6) is 0 Å². The molecule has 0 amide bonds. The highest BCUT2D eigenvalue weighted by atomic mass is 32.2. The van der Waals surface area contributed by atoms with Gasteiger partial charge in [0.15, 0.2) is 0 Å². The quantitative estimate of drug-likeness (QED) is 0.747. The van der Waals surface area contributed by atoms with Gasteiger partial charge in [0.25, 0.3) is 0 Å². The molecule has 110 valence electrons. The third-order valence-corrected chi connectivity index (χ3v) is 6.50. The smallest absolute Gasteiger partial charge is 0.308 e. The molecule has 1 unspecified atom stereocenters. The molecule has 0 aromatic heterocycles. The molecule has 2 rings (SSSR count). The molecule has 1 saturated heterocycles. The molecule has 2 fully saturated rings. The molecule has 6 nitrogen and oxygen atoms in total. The number of carboxylic acids is 1. The van der Waals surface area contributed by atoms with Gasteiger partial charge < -0.3 is 9.84 Å². The maximum Gasteiger partial charge on any atom is 0.308 e. The van der Waals surface area contributed by atoms with Gasteiger partial charge in [0.2, 0.25) is 10.0 Å². The minimum Gasteiger partial charge on any atom is -0.481 e. The zero-order chi connectivity index (χ0) is 14.1. The zero-order valence-electron chi connectivity index (χ0n) is 11.1. The number of sulfonamides is 1. The topological polar surface area (TPSA) is 92.7 Å². The molecule has 2 aliphatic rings. The Kier molecular flexibility index (Phi) is 4.17. The van der Waals surface area contributed by atoms with Crippen LogP contribution in [0.2, 0.25) is 0 Å². The number of carbonyl (C=O) groups is 1. The number of hydrogen-bond donors (Lipinski definition) is 2. The third-order valence-electron chi connectivity index (χ3n) is 4.25. The molecule has 0 aromatic rings. The number of nitrogens with one attached hydrogen (secondary N) is 1. The van der Waals surface area contributed by atoms with Crippen LogP contribution in [-0.2, 0) is 19.6 Å². The van der Waals surface area contributed by atoms with E-state index in [4.69, 9.17) is 4.74 Å². The van der Waals surface area contributed by atoms with Gasteiger partial charge in [-0.2, -0.15) is 0 Å². The second-order valence-corrected chi connectivity index (χ2v) is 7.98. The fourth-order valence-electron chi connectivity index (χ4n) is 2.39. The first-order valence-electron chi connectivity index (χ1n) is 6.65. The number of ether oxygens (including phenoxy) is 1. The van der Waals surface area contributed by atoms with E-state index in [1.807, 2.05) is 0 Å². The predicted molar refractivity (Wildman–Crippen MR) is 69.2 cm³/mol. The van der Waals surface area contributed by atoms with E-state index in [0.29, 0.717) is 38.9 Å². The summed E-state index contributed by atoms with van der Waals surface area (Å²) in [6.07, 6.45) is 2.65. The molecule has 1 heterocycles. The Hall–Kier alpha value is -0.660. The number of rotatable bonds is 6. The van der Waals surface area contributed by atoms with E-state index in [1.165, 1.54) is 0 Å². The molecule has 0 spiro atoms. The third kappa shape index (κ3) is 3.27. The highest BCUT2D eigenvalue weighted by Gasteiger charge is 2.50. The highest BCUT2D eigenvalue weighted by Crippen LogP contribution is 2.42. The first-order valence-corrected chi connectivity index (χ1v) is 8.14. The summed E-state index contributed by atoms with van der Waals surface area (Å²) >= 11 is 0. The van der Waals surface area contributed by atoms with Crippen LogP contribution >= 0.6 is 0 Å². The summed E-state index contributed by atoms with van der Waals surface area (Å²) in [5, 5.41) is 9.27. The SMILES string of the molecule is CC1(S(=O)(=O)NCC(C(=O)O)C2CCOCC2)CC1. The Balaban J connectivity index is 1.95. The molecule has 1 aliphatic heterocycles. The summed E-state index contributed by atoms with van der Waals surface area (Å²) < 4.78 is 31.0. The Morgan fingerprint density at radius 3 is 2.47 bits per heavy atom. The van der Waals surface area contributed by atoms with Crippen molar-refractivity contribution >= 4 is 16.0 Å². The van der Waals surface area contributed by atoms with Crippen molar-refractivity contribution in [2.24, 2.45) is 11.8 Å². The van der Waals surface area contributed by atoms with Gasteiger partial charge >= 0.3 is 5.97 Å². The maximum absolute atomic E-state index is 12.0. The second-order valence-electron chi connectivity index (χ2n) is 5.70. The Morgan fingerprint density at radius 1 is 1.42 bits per heavy atom. The van der Waals surface area contributed by atoms with Crippen LogP contribution in [0.3, 0.4) is 0 Å². The van der Waals surface area contributed by atoms with E-state index in [1.54, 1.807) is 6.92 Å². The molecule has 1 atom stereocenters. The Morgan fingerprint density at radius 2 is 2.00 bits per heavy atom. The second kappa shape index (κ2) is 5.38. The van der Waals surface area contributed by atoms with Gasteiger partial charge in [0.1, 0.15) is 0 Å². The molecule has 0 bridgehead atoms. The summed E-state index contributed by atoms with van der Waals surface area (Å²) in [5.41, 5.74) is 0. The van der Waals surface area contributed by atoms with E-state index in [9.17, 15) is 18.3 Å². The summed E-state index contributed by atoms with van der Waals surface area (Å²) in [5.74, 6) is -1.61. The molecule has 2 N–H and O–H groups in total. The molecule has 0 radical (unpaired) electrons. The van der Waals surface area contributed by atoms with Gasteiger partial charge in [-0.15, -0.1) is 0 Å². The van der Waals surface area contributed by atoms with Gasteiger partial charge in [-0.25, -0.2) is 13.1 Å². The van der Waals surface area contributed by atoms with E-state index >= 15 is 0 Å². The lowest BCUT2D eigenvalue weighted by molar-refractivity contribution is -0.144. The lowest BCUT2D eigenvalue weighted by atomic mass is 9.86. The van der Waals surface area contributed by atoms with E-state index < -0.39 is 26.7 Å². The van der Waals surface area contributed by atoms with E-state index in [0.717, 1.165) is 0 Å². The molecule has 1 saturated carbocycles. The van der Waals surface area contributed by atoms with Crippen LogP contribution in [0, 0.1) is 11.8 Å². The van der Waals surface area contributed by atoms with Gasteiger partial charge in [0, 0.05) is 19.8 Å². The summed E-state index contributed by atoms with van der Waals surface area (Å²) in [4.78, 5) is 11.3. The highest BCUT2D eigenvalue weighted by molar-refractivity contribution is 7.91. The minimum absolute atomic E-state index is 0.0130. The van der Waals surface area contributed by atoms with Gasteiger partial charge in [-0.1, -0.05) is 0 Å². The average molecular weight is 291 g/mol. The van der Waals surface area contributed by atoms with Gasteiger partial charge in [-0.3, -0.25) is 4.79 Å². The van der Waals surface area contributed by atoms with Crippen molar-refractivity contribution in [3.63, 3.8) is 0 Å². The molecule has 1 aliphatic carbocycles. The largest absolute Gasteiger partial charge is 0.481 e. The fourth-order valence-corrected chi connectivity index (χ4v) is 3.78. The molecule has 0 aromatic carbocycles. The molecule has 19 heavy (non-hydrogen) atoms. The average Bonchev–Trinajstić information content (AvgIpc) is 3.10. The van der Waals surface area contributed by atoms with E-state index in [-0.39, 0.29) is 12.5 Å². The summed E-state index contributed by atoms with van der Waals surface area (Å²) in [7, 11) is -3.40. The van der Waals surface area contributed by atoms with Crippen LogP contribution in [-0.4, -0.2) is 44.0 Å². The van der Waals surface area contributed by atoms with Crippen molar-refractivity contribution in [3.8, 4) is 0 Å². The van der Waals surface area contributed by atoms with Gasteiger partial charge in [-0.05, 0) is 38.5 Å². The lowest BCUT2D eigenvalue weighted by Crippen LogP contribution is -2.42. The van der Waals surface area contributed by atoms with Gasteiger partial charge in [0.05, 0.1) is 10.7 Å². The van der Waals surface area contributed by atoms with Crippen LogP contribution < -0.4 is 4.72 Å². The van der Waals surface area contributed by atoms with Crippen molar-refractivity contribution in [2.45, 2.75) is 37.4 Å². The predicted octanol–water partition coefficient (Wildman–Crippen LogP) is 0.586. The van der Waals surface area contributed by atoms with Crippen LogP contribution in [0.15, 0.2) is 0 Å². The summed E-state index contributed by atoms with van der Waals surface area (Å²) in [6.45, 7) is 2.79. The lowest BCUT2D eigenvalue weighted by Gasteiger charge is -2.28. The van der Waals surface area contributed by atoms with Crippen LogP contribution in [0.25, 0.3) is 0 Å². The summed E-state index contributed by atoms with van der Waals surface area (Å²) in [6, 6.07) is 0. The number of carboxylic acid groups (broad SMARTS) is 1. The molecular weight excluding hydrogens is 270 g/mol. The maximum atomic E-state index is 12.0. The normalized spacial score (nSPS) is 24.9. The number of aliphatic carboxylic acids is 1. The first kappa shape index (κ1) is 14.7. The van der Waals surface area contributed by atoms with Crippen molar-refractivity contribution in [1.29, 1.82) is 0 Å². The first-order chi connectivity index (χ1) is 8.86. The fraction of sp³-hybridized carbons (Fsp3) is 0.917. The standard InChI is InChI=1S/C12H21NO5S/c1-12(4-5-12)19(16,17)13-8-10(11(14)15)9-2-6-18-7-3-9/h9-10,13H,2-8H2,1H3,(H,14,15). The van der Waals surface area contributed by atoms with Crippen molar-refractivity contribution in [2.75, 3.05) is 19.8 Å². The molecular formula is C12H21NO5S. The van der Waals surface area contributed by atoms with Crippen LogP contribution in [0.1, 0.15) is 32.6 Å². The monoisotopic (exact) mass is 291 g/mol. The van der Waals surface area contributed by atoms with Crippen molar-refractivity contribution < 1.29 is 23.1 Å². The Bertz CT molecular complexity index is 437. The molecule has 7 heteroatoms. The van der Waals surface area contributed by atoms with Crippen molar-refractivity contribution in [3.05, 3.63) is 0 Å². The van der Waals surface area contributed by atoms with Crippen LogP contribution in [0.4, 0.5) is 0 Å². The van der Waals surface area contributed by atoms with E-state index in [2.05, 4.69) is 4.72 Å². The van der Waals surface area contributed by atoms with Crippen molar-refractivity contribution in [1.82, 2.24) is 4.72 Å². The minimum atomic E-state index is -3.40. The Labute approximate surface area is 113 Å².